The zero-order valence-electron chi connectivity index (χ0n) is 13.7. The van der Waals surface area contributed by atoms with E-state index in [9.17, 15) is 5.11 Å². The van der Waals surface area contributed by atoms with Gasteiger partial charge in [0.1, 0.15) is 17.8 Å². The van der Waals surface area contributed by atoms with E-state index < -0.39 is 6.10 Å². The van der Waals surface area contributed by atoms with Crippen LogP contribution in [0.5, 0.6) is 0 Å². The van der Waals surface area contributed by atoms with Crippen molar-refractivity contribution >= 4 is 5.95 Å². The lowest BCUT2D eigenvalue weighted by atomic mass is 9.96. The van der Waals surface area contributed by atoms with Crippen molar-refractivity contribution in [2.75, 3.05) is 5.32 Å². The first-order chi connectivity index (χ1) is 11.6. The van der Waals surface area contributed by atoms with Gasteiger partial charge in [-0.3, -0.25) is 0 Å². The Bertz CT molecular complexity index is 773. The highest BCUT2D eigenvalue weighted by molar-refractivity contribution is 5.35. The Morgan fingerprint density at radius 3 is 1.79 bits per heavy atom. The maximum atomic E-state index is 10.9. The fourth-order valence-electron chi connectivity index (χ4n) is 2.67. The van der Waals surface area contributed by atoms with Crippen LogP contribution in [0.3, 0.4) is 0 Å². The van der Waals surface area contributed by atoms with Crippen molar-refractivity contribution in [2.45, 2.75) is 26.0 Å². The first-order valence-electron chi connectivity index (χ1n) is 7.87. The summed E-state index contributed by atoms with van der Waals surface area (Å²) in [5, 5.41) is 14.2. The molecular weight excluding hydrogens is 300 g/mol. The van der Waals surface area contributed by atoms with E-state index in [2.05, 4.69) is 20.3 Å². The van der Waals surface area contributed by atoms with Crippen molar-refractivity contribution < 1.29 is 5.11 Å². The summed E-state index contributed by atoms with van der Waals surface area (Å²) in [7, 11) is 0. The van der Waals surface area contributed by atoms with Gasteiger partial charge in [0.15, 0.2) is 0 Å². The highest BCUT2D eigenvalue weighted by atomic mass is 16.3. The van der Waals surface area contributed by atoms with Crippen LogP contribution < -0.4 is 5.32 Å². The van der Waals surface area contributed by atoms with Crippen LogP contribution in [-0.4, -0.2) is 20.1 Å². The fraction of sp³-hybridized carbons (Fsp3) is 0.211. The van der Waals surface area contributed by atoms with Crippen molar-refractivity contribution in [3.8, 4) is 0 Å². The number of aromatic nitrogens is 3. The van der Waals surface area contributed by atoms with Gasteiger partial charge in [-0.15, -0.1) is 0 Å². The molecule has 0 fully saturated rings. The van der Waals surface area contributed by atoms with Crippen LogP contribution in [0, 0.1) is 13.8 Å². The Hall–Kier alpha value is -2.79. The number of aliphatic hydroxyl groups excluding tert-OH is 1. The van der Waals surface area contributed by atoms with Gasteiger partial charge in [-0.2, -0.15) is 9.97 Å². The van der Waals surface area contributed by atoms with Crippen molar-refractivity contribution in [1.82, 2.24) is 15.0 Å². The molecule has 0 saturated heterocycles. The predicted molar refractivity (Wildman–Crippen MR) is 93.5 cm³/mol. The van der Waals surface area contributed by atoms with E-state index in [4.69, 9.17) is 0 Å². The minimum atomic E-state index is -0.731. The molecule has 0 aliphatic rings. The van der Waals surface area contributed by atoms with E-state index in [1.807, 2.05) is 74.5 Å². The van der Waals surface area contributed by atoms with Gasteiger partial charge in [0.05, 0.1) is 6.04 Å². The van der Waals surface area contributed by atoms with Gasteiger partial charge in [0.2, 0.25) is 5.95 Å². The second kappa shape index (κ2) is 7.19. The molecule has 5 heteroatoms. The van der Waals surface area contributed by atoms with E-state index in [1.165, 1.54) is 0 Å². The topological polar surface area (TPSA) is 70.9 Å². The number of rotatable bonds is 5. The molecule has 0 unspecified atom stereocenters. The summed E-state index contributed by atoms with van der Waals surface area (Å²) in [5.41, 5.74) is 1.80. The smallest absolute Gasteiger partial charge is 0.226 e. The molecule has 0 bridgehead atoms. The van der Waals surface area contributed by atoms with E-state index in [0.29, 0.717) is 17.6 Å². The summed E-state index contributed by atoms with van der Waals surface area (Å²) < 4.78 is 0. The molecule has 0 spiro atoms. The second-order valence-corrected chi connectivity index (χ2v) is 5.64. The largest absolute Gasteiger partial charge is 0.386 e. The molecule has 1 aromatic heterocycles. The normalized spacial score (nSPS) is 13.3. The Balaban J connectivity index is 1.96. The standard InChI is InChI=1S/C19H20N4O/c1-13-20-14(2)22-19(21-13)23-17(15-9-5-3-6-10-15)18(24)16-11-7-4-8-12-16/h3-12,17-18,24H,1-2H3,(H,20,21,22,23)/t17-,18-/m0/s1. The third kappa shape index (κ3) is 3.75. The molecule has 2 atom stereocenters. The highest BCUT2D eigenvalue weighted by Crippen LogP contribution is 2.31. The first kappa shape index (κ1) is 16.1. The van der Waals surface area contributed by atoms with E-state index in [-0.39, 0.29) is 6.04 Å². The third-order valence-corrected chi connectivity index (χ3v) is 3.76. The summed E-state index contributed by atoms with van der Waals surface area (Å²) in [5.74, 6) is 1.75. The van der Waals surface area contributed by atoms with Crippen molar-refractivity contribution in [3.05, 3.63) is 83.4 Å². The third-order valence-electron chi connectivity index (χ3n) is 3.76. The molecule has 0 saturated carbocycles. The number of nitrogens with zero attached hydrogens (tertiary/aromatic N) is 3. The lowest BCUT2D eigenvalue weighted by molar-refractivity contribution is 0.154. The summed E-state index contributed by atoms with van der Waals surface area (Å²) in [6.45, 7) is 3.65. The van der Waals surface area contributed by atoms with Crippen molar-refractivity contribution in [3.63, 3.8) is 0 Å². The summed E-state index contributed by atoms with van der Waals surface area (Å²) in [4.78, 5) is 12.9. The fourth-order valence-corrected chi connectivity index (χ4v) is 2.67. The van der Waals surface area contributed by atoms with Gasteiger partial charge in [-0.1, -0.05) is 60.7 Å². The summed E-state index contributed by atoms with van der Waals surface area (Å²) >= 11 is 0. The van der Waals surface area contributed by atoms with Gasteiger partial charge in [0.25, 0.3) is 0 Å². The Kier molecular flexibility index (Phi) is 4.82. The van der Waals surface area contributed by atoms with Crippen LogP contribution >= 0.6 is 0 Å². The van der Waals surface area contributed by atoms with E-state index in [1.54, 1.807) is 0 Å². The SMILES string of the molecule is Cc1nc(C)nc(N[C@@H](c2ccccc2)[C@@H](O)c2ccccc2)n1. The molecule has 122 valence electrons. The maximum absolute atomic E-state index is 10.9. The van der Waals surface area contributed by atoms with Gasteiger partial charge in [-0.05, 0) is 25.0 Å². The minimum absolute atomic E-state index is 0.366. The van der Waals surface area contributed by atoms with Crippen LogP contribution in [0.15, 0.2) is 60.7 Å². The first-order valence-corrected chi connectivity index (χ1v) is 7.87. The zero-order valence-corrected chi connectivity index (χ0v) is 13.7. The molecule has 1 heterocycles. The van der Waals surface area contributed by atoms with Gasteiger partial charge in [0, 0.05) is 0 Å². The lowest BCUT2D eigenvalue weighted by Gasteiger charge is -2.25. The number of hydrogen-bond donors (Lipinski definition) is 2. The molecule has 2 aromatic carbocycles. The van der Waals surface area contributed by atoms with Crippen LogP contribution in [-0.2, 0) is 0 Å². The average molecular weight is 320 g/mol. The maximum Gasteiger partial charge on any atom is 0.226 e. The molecule has 0 radical (unpaired) electrons. The Labute approximate surface area is 141 Å². The van der Waals surface area contributed by atoms with Crippen LogP contribution in [0.25, 0.3) is 0 Å². The average Bonchev–Trinajstić information content (AvgIpc) is 2.60. The molecule has 0 aliphatic heterocycles. The van der Waals surface area contributed by atoms with Crippen molar-refractivity contribution in [1.29, 1.82) is 0 Å². The predicted octanol–water partition coefficient (Wildman–Crippen LogP) is 3.38. The minimum Gasteiger partial charge on any atom is -0.386 e. The second-order valence-electron chi connectivity index (χ2n) is 5.64. The summed E-state index contributed by atoms with van der Waals surface area (Å²) in [6.07, 6.45) is -0.731. The molecule has 3 aromatic rings. The quantitative estimate of drug-likeness (QED) is 0.754. The lowest BCUT2D eigenvalue weighted by Crippen LogP contribution is -2.21. The van der Waals surface area contributed by atoms with Crippen LogP contribution in [0.1, 0.15) is 34.9 Å². The van der Waals surface area contributed by atoms with E-state index in [0.717, 1.165) is 11.1 Å². The Morgan fingerprint density at radius 1 is 0.750 bits per heavy atom. The summed E-state index contributed by atoms with van der Waals surface area (Å²) in [6, 6.07) is 19.0. The van der Waals surface area contributed by atoms with Crippen LogP contribution in [0.2, 0.25) is 0 Å². The van der Waals surface area contributed by atoms with Crippen molar-refractivity contribution in [2.24, 2.45) is 0 Å². The number of aliphatic hydroxyl groups is 1. The molecule has 24 heavy (non-hydrogen) atoms. The molecule has 2 N–H and O–H groups in total. The number of aryl methyl sites for hydroxylation is 2. The van der Waals surface area contributed by atoms with Gasteiger partial charge >= 0.3 is 0 Å². The molecule has 0 amide bonds. The molecular formula is C19H20N4O. The van der Waals surface area contributed by atoms with E-state index >= 15 is 0 Å². The Morgan fingerprint density at radius 2 is 1.25 bits per heavy atom. The molecule has 3 rings (SSSR count). The van der Waals surface area contributed by atoms with Gasteiger partial charge < -0.3 is 10.4 Å². The number of hydrogen-bond acceptors (Lipinski definition) is 5. The molecule has 0 aliphatic carbocycles. The molecule has 5 nitrogen and oxygen atoms in total. The highest BCUT2D eigenvalue weighted by Gasteiger charge is 2.23. The monoisotopic (exact) mass is 320 g/mol. The number of benzene rings is 2. The zero-order chi connectivity index (χ0) is 16.9. The number of nitrogens with one attached hydrogen (secondary N) is 1. The number of anilines is 1. The van der Waals surface area contributed by atoms with Crippen LogP contribution in [0.4, 0.5) is 5.95 Å². The van der Waals surface area contributed by atoms with Gasteiger partial charge in [-0.25, -0.2) is 4.98 Å².